The molecule has 1 aromatic rings. The first-order valence-electron chi connectivity index (χ1n) is 6.21. The Morgan fingerprint density at radius 1 is 1.43 bits per heavy atom. The van der Waals surface area contributed by atoms with Crippen LogP contribution in [0.15, 0.2) is 18.2 Å². The van der Waals surface area contributed by atoms with Crippen molar-refractivity contribution < 1.29 is 19.3 Å². The van der Waals surface area contributed by atoms with Crippen LogP contribution in [-0.2, 0) is 9.59 Å². The van der Waals surface area contributed by atoms with Crippen LogP contribution in [0.1, 0.15) is 22.8 Å². The fourth-order valence-corrected chi connectivity index (χ4v) is 2.19. The number of benzene rings is 1. The van der Waals surface area contributed by atoms with E-state index in [1.165, 1.54) is 32.0 Å². The first kappa shape index (κ1) is 14.6. The number of imide groups is 1. The summed E-state index contributed by atoms with van der Waals surface area (Å²) in [6.07, 6.45) is 0. The topological polar surface area (TPSA) is 110 Å². The molecule has 3 amide bonds. The van der Waals surface area contributed by atoms with Crippen molar-refractivity contribution in [1.82, 2.24) is 10.2 Å². The fourth-order valence-electron chi connectivity index (χ4n) is 2.19. The van der Waals surface area contributed by atoms with Crippen molar-refractivity contribution >= 4 is 23.4 Å². The molecule has 0 radical (unpaired) electrons. The SMILES string of the molecule is Cc1cccc(C(=O)N2CC(=O)NC(=O)C2C)c1[N+](=O)[O-]. The number of nitrogens with one attached hydrogen (secondary N) is 1. The summed E-state index contributed by atoms with van der Waals surface area (Å²) in [6.45, 7) is 2.67. The van der Waals surface area contributed by atoms with Crippen molar-refractivity contribution in [2.24, 2.45) is 0 Å². The lowest BCUT2D eigenvalue weighted by Crippen LogP contribution is -2.58. The van der Waals surface area contributed by atoms with Gasteiger partial charge in [0.1, 0.15) is 18.2 Å². The van der Waals surface area contributed by atoms with Gasteiger partial charge in [-0.3, -0.25) is 29.8 Å². The van der Waals surface area contributed by atoms with E-state index in [0.29, 0.717) is 5.56 Å². The molecule has 0 spiro atoms. The number of amides is 3. The molecule has 1 aliphatic rings. The van der Waals surface area contributed by atoms with Crippen molar-refractivity contribution in [3.05, 3.63) is 39.4 Å². The van der Waals surface area contributed by atoms with Gasteiger partial charge < -0.3 is 4.90 Å². The summed E-state index contributed by atoms with van der Waals surface area (Å²) in [5.41, 5.74) is -0.103. The van der Waals surface area contributed by atoms with Gasteiger partial charge in [0.2, 0.25) is 11.8 Å². The van der Waals surface area contributed by atoms with Crippen molar-refractivity contribution in [2.75, 3.05) is 6.54 Å². The second kappa shape index (κ2) is 5.31. The van der Waals surface area contributed by atoms with Crippen LogP contribution in [0.5, 0.6) is 0 Å². The van der Waals surface area contributed by atoms with Crippen molar-refractivity contribution in [1.29, 1.82) is 0 Å². The predicted molar refractivity (Wildman–Crippen MR) is 71.5 cm³/mol. The number of aryl methyl sites for hydroxylation is 1. The van der Waals surface area contributed by atoms with Crippen LogP contribution >= 0.6 is 0 Å². The van der Waals surface area contributed by atoms with E-state index >= 15 is 0 Å². The average molecular weight is 291 g/mol. The van der Waals surface area contributed by atoms with Crippen LogP contribution in [0.2, 0.25) is 0 Å². The van der Waals surface area contributed by atoms with Gasteiger partial charge >= 0.3 is 0 Å². The van der Waals surface area contributed by atoms with Crippen LogP contribution < -0.4 is 5.32 Å². The summed E-state index contributed by atoms with van der Waals surface area (Å²) in [5, 5.41) is 13.2. The van der Waals surface area contributed by atoms with Crippen LogP contribution in [0.25, 0.3) is 0 Å². The van der Waals surface area contributed by atoms with Crippen molar-refractivity contribution in [2.45, 2.75) is 19.9 Å². The standard InChI is InChI=1S/C13H13N3O5/c1-7-4-3-5-9(11(7)16(20)21)13(19)15-6-10(17)14-12(18)8(15)2/h3-5,8H,6H2,1-2H3,(H,14,17,18). The van der Waals surface area contributed by atoms with Crippen molar-refractivity contribution in [3.63, 3.8) is 0 Å². The van der Waals surface area contributed by atoms with Gasteiger partial charge in [-0.15, -0.1) is 0 Å². The Labute approximate surface area is 119 Å². The maximum atomic E-state index is 12.5. The van der Waals surface area contributed by atoms with Crippen LogP contribution in [0.4, 0.5) is 5.69 Å². The number of nitrogens with zero attached hydrogens (tertiary/aromatic N) is 2. The highest BCUT2D eigenvalue weighted by atomic mass is 16.6. The molecule has 21 heavy (non-hydrogen) atoms. The van der Waals surface area contributed by atoms with Gasteiger partial charge in [0.25, 0.3) is 11.6 Å². The Bertz CT molecular complexity index is 655. The third-order valence-corrected chi connectivity index (χ3v) is 3.34. The quantitative estimate of drug-likeness (QED) is 0.481. The molecule has 0 aliphatic carbocycles. The molecule has 1 N–H and O–H groups in total. The maximum Gasteiger partial charge on any atom is 0.285 e. The van der Waals surface area contributed by atoms with Gasteiger partial charge in [-0.1, -0.05) is 12.1 Å². The largest absolute Gasteiger partial charge is 0.317 e. The first-order valence-corrected chi connectivity index (χ1v) is 6.21. The predicted octanol–water partition coefficient (Wildman–Crippen LogP) is 0.390. The minimum Gasteiger partial charge on any atom is -0.317 e. The highest BCUT2D eigenvalue weighted by Gasteiger charge is 2.36. The molecule has 1 aromatic carbocycles. The number of hydrogen-bond acceptors (Lipinski definition) is 5. The molecule has 1 atom stereocenters. The number of nitro benzene ring substituents is 1. The number of piperazine rings is 1. The zero-order valence-electron chi connectivity index (χ0n) is 11.5. The summed E-state index contributed by atoms with van der Waals surface area (Å²) in [7, 11) is 0. The lowest BCUT2D eigenvalue weighted by atomic mass is 10.1. The van der Waals surface area contributed by atoms with E-state index in [9.17, 15) is 24.5 Å². The summed E-state index contributed by atoms with van der Waals surface area (Å²) in [4.78, 5) is 47.0. The maximum absolute atomic E-state index is 12.5. The van der Waals surface area contributed by atoms with E-state index in [-0.39, 0.29) is 17.8 Å². The van der Waals surface area contributed by atoms with Crippen LogP contribution in [-0.4, -0.2) is 40.1 Å². The molecule has 110 valence electrons. The third-order valence-electron chi connectivity index (χ3n) is 3.34. The zero-order chi connectivity index (χ0) is 15.7. The number of rotatable bonds is 2. The molecule has 8 nitrogen and oxygen atoms in total. The van der Waals surface area contributed by atoms with E-state index in [0.717, 1.165) is 4.90 Å². The molecule has 1 unspecified atom stereocenters. The molecular formula is C13H13N3O5. The van der Waals surface area contributed by atoms with Crippen LogP contribution in [0, 0.1) is 17.0 Å². The van der Waals surface area contributed by atoms with E-state index in [1.807, 2.05) is 0 Å². The number of hydrogen-bond donors (Lipinski definition) is 1. The molecule has 8 heteroatoms. The first-order chi connectivity index (χ1) is 9.82. The molecule has 1 saturated heterocycles. The van der Waals surface area contributed by atoms with Gasteiger partial charge in [0.05, 0.1) is 4.92 Å². The van der Waals surface area contributed by atoms with Gasteiger partial charge in [-0.05, 0) is 19.9 Å². The highest BCUT2D eigenvalue weighted by molar-refractivity contribution is 6.08. The van der Waals surface area contributed by atoms with E-state index in [4.69, 9.17) is 0 Å². The number of nitro groups is 1. The number of carbonyl (C=O) groups excluding carboxylic acids is 3. The Morgan fingerprint density at radius 3 is 2.71 bits per heavy atom. The molecule has 1 aliphatic heterocycles. The minimum absolute atomic E-state index is 0.130. The van der Waals surface area contributed by atoms with E-state index in [1.54, 1.807) is 0 Å². The normalized spacial score (nSPS) is 18.4. The smallest absolute Gasteiger partial charge is 0.285 e. The molecule has 2 rings (SSSR count). The van der Waals surface area contributed by atoms with Gasteiger partial charge in [0.15, 0.2) is 0 Å². The minimum atomic E-state index is -0.865. The Balaban J connectivity index is 2.45. The van der Waals surface area contributed by atoms with E-state index in [2.05, 4.69) is 5.32 Å². The lowest BCUT2D eigenvalue weighted by Gasteiger charge is -2.31. The summed E-state index contributed by atoms with van der Waals surface area (Å²) in [6, 6.07) is 3.49. The number of para-hydroxylation sites is 1. The summed E-state index contributed by atoms with van der Waals surface area (Å²) >= 11 is 0. The third kappa shape index (κ3) is 2.60. The van der Waals surface area contributed by atoms with E-state index < -0.39 is 28.7 Å². The molecule has 0 bridgehead atoms. The molecular weight excluding hydrogens is 278 g/mol. The Kier molecular flexibility index (Phi) is 3.70. The second-order valence-corrected chi connectivity index (χ2v) is 4.75. The number of carbonyl (C=O) groups is 3. The second-order valence-electron chi connectivity index (χ2n) is 4.75. The molecule has 1 fully saturated rings. The highest BCUT2D eigenvalue weighted by Crippen LogP contribution is 2.25. The summed E-state index contributed by atoms with van der Waals surface area (Å²) in [5.74, 6) is -1.92. The van der Waals surface area contributed by atoms with Gasteiger partial charge in [0, 0.05) is 5.56 Å². The monoisotopic (exact) mass is 291 g/mol. The molecule has 0 aromatic heterocycles. The average Bonchev–Trinajstić information content (AvgIpc) is 2.41. The molecule has 0 saturated carbocycles. The summed E-state index contributed by atoms with van der Waals surface area (Å²) < 4.78 is 0. The Hall–Kier alpha value is -2.77. The van der Waals surface area contributed by atoms with Crippen molar-refractivity contribution in [3.8, 4) is 0 Å². The van der Waals surface area contributed by atoms with Gasteiger partial charge in [-0.2, -0.15) is 0 Å². The lowest BCUT2D eigenvalue weighted by molar-refractivity contribution is -0.385. The van der Waals surface area contributed by atoms with Gasteiger partial charge in [-0.25, -0.2) is 0 Å². The van der Waals surface area contributed by atoms with Crippen LogP contribution in [0.3, 0.4) is 0 Å². The Morgan fingerprint density at radius 2 is 2.10 bits per heavy atom. The molecule has 1 heterocycles. The zero-order valence-corrected chi connectivity index (χ0v) is 11.5. The fraction of sp³-hybridized carbons (Fsp3) is 0.308.